The highest BCUT2D eigenvalue weighted by atomic mass is 32.1. The lowest BCUT2D eigenvalue weighted by atomic mass is 10.1. The molecule has 0 bridgehead atoms. The fourth-order valence-electron chi connectivity index (χ4n) is 3.53. The van der Waals surface area contributed by atoms with E-state index in [-0.39, 0.29) is 22.9 Å². The molecule has 0 aliphatic carbocycles. The van der Waals surface area contributed by atoms with Gasteiger partial charge in [-0.15, -0.1) is 0 Å². The van der Waals surface area contributed by atoms with Crippen molar-refractivity contribution in [3.8, 4) is 27.4 Å². The van der Waals surface area contributed by atoms with Gasteiger partial charge in [-0.25, -0.2) is 15.0 Å². The minimum Gasteiger partial charge on any atom is -0.473 e. The number of rotatable bonds is 4. The number of methoxy groups -OCH3 is 1. The Morgan fingerprint density at radius 2 is 1.83 bits per heavy atom. The Balaban J connectivity index is 0.000000256. The second-order valence-electron chi connectivity index (χ2n) is 7.39. The van der Waals surface area contributed by atoms with E-state index in [1.807, 2.05) is 61.5 Å². The van der Waals surface area contributed by atoms with Gasteiger partial charge in [0, 0.05) is 18.2 Å². The number of fused-ring (bicyclic) bond motifs is 1. The SMILES string of the molecule is CCc1nc2cccc(-c3cnc(OC)s3)c2c(=O)n1-c1ccccc1.N#Cc1cnc(N)nc1N. The number of aromatic nitrogens is 5. The molecule has 0 atom stereocenters. The smallest absolute Gasteiger partial charge is 0.273 e. The molecule has 11 heteroatoms. The van der Waals surface area contributed by atoms with Crippen LogP contribution >= 0.6 is 11.3 Å². The Morgan fingerprint density at radius 3 is 2.47 bits per heavy atom. The number of para-hydroxylation sites is 1. The fourth-order valence-corrected chi connectivity index (χ4v) is 4.30. The maximum atomic E-state index is 13.5. The van der Waals surface area contributed by atoms with Crippen molar-refractivity contribution in [1.29, 1.82) is 5.26 Å². The van der Waals surface area contributed by atoms with Crippen molar-refractivity contribution in [1.82, 2.24) is 24.5 Å². The average molecular weight is 499 g/mol. The van der Waals surface area contributed by atoms with Gasteiger partial charge >= 0.3 is 0 Å². The summed E-state index contributed by atoms with van der Waals surface area (Å²) < 4.78 is 6.90. The zero-order valence-electron chi connectivity index (χ0n) is 19.5. The summed E-state index contributed by atoms with van der Waals surface area (Å²) in [5.41, 5.74) is 13.0. The number of hydrogen-bond acceptors (Lipinski definition) is 10. The summed E-state index contributed by atoms with van der Waals surface area (Å²) in [5, 5.41) is 9.52. The normalized spacial score (nSPS) is 10.4. The molecule has 36 heavy (non-hydrogen) atoms. The number of aryl methyl sites for hydroxylation is 1. The van der Waals surface area contributed by atoms with E-state index in [1.54, 1.807) is 17.9 Å². The van der Waals surface area contributed by atoms with Crippen LogP contribution in [0, 0.1) is 11.3 Å². The summed E-state index contributed by atoms with van der Waals surface area (Å²) >= 11 is 1.41. The summed E-state index contributed by atoms with van der Waals surface area (Å²) in [6.45, 7) is 2.00. The second kappa shape index (κ2) is 10.6. The molecule has 3 aromatic heterocycles. The third-order valence-electron chi connectivity index (χ3n) is 5.18. The minimum atomic E-state index is -0.0685. The maximum Gasteiger partial charge on any atom is 0.273 e. The van der Waals surface area contributed by atoms with Crippen molar-refractivity contribution >= 4 is 34.0 Å². The second-order valence-corrected chi connectivity index (χ2v) is 8.38. The van der Waals surface area contributed by atoms with E-state index in [0.29, 0.717) is 22.5 Å². The van der Waals surface area contributed by atoms with Crippen LogP contribution in [0.15, 0.2) is 65.7 Å². The molecule has 0 amide bonds. The van der Waals surface area contributed by atoms with Gasteiger partial charge in [0.05, 0.1) is 34.8 Å². The molecule has 2 aromatic carbocycles. The molecule has 180 valence electrons. The first-order chi connectivity index (χ1) is 17.5. The van der Waals surface area contributed by atoms with Gasteiger partial charge in [0.1, 0.15) is 23.3 Å². The molecule has 0 unspecified atom stereocenters. The zero-order valence-corrected chi connectivity index (χ0v) is 20.4. The Hall–Kier alpha value is -4.82. The van der Waals surface area contributed by atoms with Gasteiger partial charge in [-0.05, 0) is 18.2 Å². The van der Waals surface area contributed by atoms with Crippen LogP contribution in [0.5, 0.6) is 5.19 Å². The van der Waals surface area contributed by atoms with Crippen molar-refractivity contribution in [2.45, 2.75) is 13.3 Å². The van der Waals surface area contributed by atoms with E-state index >= 15 is 0 Å². The van der Waals surface area contributed by atoms with E-state index in [0.717, 1.165) is 22.0 Å². The molecular weight excluding hydrogens is 476 g/mol. The van der Waals surface area contributed by atoms with Gasteiger partial charge in [0.15, 0.2) is 0 Å². The third-order valence-corrected chi connectivity index (χ3v) is 6.17. The molecule has 3 heterocycles. The summed E-state index contributed by atoms with van der Waals surface area (Å²) in [6.07, 6.45) is 3.69. The summed E-state index contributed by atoms with van der Waals surface area (Å²) in [7, 11) is 1.59. The Kier molecular flexibility index (Phi) is 7.17. The summed E-state index contributed by atoms with van der Waals surface area (Å²) in [6, 6.07) is 17.2. The van der Waals surface area contributed by atoms with E-state index < -0.39 is 0 Å². The Bertz CT molecular complexity index is 1620. The van der Waals surface area contributed by atoms with Crippen LogP contribution in [0.1, 0.15) is 18.3 Å². The molecule has 5 rings (SSSR count). The van der Waals surface area contributed by atoms with Gasteiger partial charge in [0.25, 0.3) is 10.8 Å². The van der Waals surface area contributed by atoms with Crippen LogP contribution in [0.2, 0.25) is 0 Å². The number of nitrogens with two attached hydrogens (primary N) is 2. The number of benzene rings is 2. The van der Waals surface area contributed by atoms with Gasteiger partial charge in [-0.1, -0.05) is 48.6 Å². The highest BCUT2D eigenvalue weighted by Crippen LogP contribution is 2.33. The molecule has 4 N–H and O–H groups in total. The molecule has 0 aliphatic heterocycles. The predicted molar refractivity (Wildman–Crippen MR) is 140 cm³/mol. The molecular formula is C25H22N8O2S. The molecule has 0 aliphatic rings. The summed E-state index contributed by atoms with van der Waals surface area (Å²) in [5.74, 6) is 0.944. The van der Waals surface area contributed by atoms with E-state index in [9.17, 15) is 4.79 Å². The van der Waals surface area contributed by atoms with E-state index in [1.165, 1.54) is 17.5 Å². The zero-order chi connectivity index (χ0) is 25.7. The van der Waals surface area contributed by atoms with Crippen LogP contribution in [-0.4, -0.2) is 31.6 Å². The van der Waals surface area contributed by atoms with Crippen molar-refractivity contribution in [3.63, 3.8) is 0 Å². The molecule has 0 radical (unpaired) electrons. The number of nitriles is 1. The number of thiazole rings is 1. The summed E-state index contributed by atoms with van der Waals surface area (Å²) in [4.78, 5) is 30.5. The van der Waals surface area contributed by atoms with Crippen LogP contribution in [0.3, 0.4) is 0 Å². The highest BCUT2D eigenvalue weighted by Gasteiger charge is 2.17. The Morgan fingerprint density at radius 1 is 1.06 bits per heavy atom. The lowest BCUT2D eigenvalue weighted by Gasteiger charge is -2.13. The van der Waals surface area contributed by atoms with Crippen molar-refractivity contribution in [3.05, 3.63) is 82.7 Å². The first kappa shape index (κ1) is 24.3. The van der Waals surface area contributed by atoms with Gasteiger partial charge in [-0.3, -0.25) is 9.36 Å². The first-order valence-corrected chi connectivity index (χ1v) is 11.7. The number of ether oxygens (including phenoxy) is 1. The van der Waals surface area contributed by atoms with E-state index in [2.05, 4.69) is 15.0 Å². The molecule has 5 aromatic rings. The van der Waals surface area contributed by atoms with E-state index in [4.69, 9.17) is 26.5 Å². The molecule has 0 spiro atoms. The minimum absolute atomic E-state index is 0.0685. The first-order valence-electron chi connectivity index (χ1n) is 10.8. The quantitative estimate of drug-likeness (QED) is 0.377. The Labute approximate surface area is 210 Å². The van der Waals surface area contributed by atoms with Gasteiger partial charge in [0.2, 0.25) is 5.95 Å². The lowest BCUT2D eigenvalue weighted by molar-refractivity contribution is 0.412. The van der Waals surface area contributed by atoms with Gasteiger partial charge in [-0.2, -0.15) is 10.2 Å². The van der Waals surface area contributed by atoms with Gasteiger partial charge < -0.3 is 16.2 Å². The molecule has 0 saturated heterocycles. The van der Waals surface area contributed by atoms with Crippen molar-refractivity contribution in [2.75, 3.05) is 18.6 Å². The fraction of sp³-hybridized carbons (Fsp3) is 0.120. The van der Waals surface area contributed by atoms with Crippen LogP contribution in [0.25, 0.3) is 27.0 Å². The number of anilines is 2. The maximum absolute atomic E-state index is 13.5. The molecule has 0 saturated carbocycles. The topological polar surface area (TPSA) is 159 Å². The lowest BCUT2D eigenvalue weighted by Crippen LogP contribution is -2.24. The third kappa shape index (κ3) is 4.84. The standard InChI is InChI=1S/C20H17N3O2S.C5H5N5/c1-3-17-22-15-11-7-10-14(16-12-21-20(25-2)26-16)18(15)19(24)23(17)13-8-5-4-6-9-13;6-1-3-2-9-5(8)10-4(3)7/h4-12H,3H2,1-2H3;2H,(H4,7,8,9,10). The largest absolute Gasteiger partial charge is 0.473 e. The molecule has 0 fully saturated rings. The van der Waals surface area contributed by atoms with Crippen molar-refractivity contribution in [2.24, 2.45) is 0 Å². The number of nitrogens with zero attached hydrogens (tertiary/aromatic N) is 6. The monoisotopic (exact) mass is 498 g/mol. The highest BCUT2D eigenvalue weighted by molar-refractivity contribution is 7.16. The number of hydrogen-bond donors (Lipinski definition) is 2. The number of nitrogen functional groups attached to an aromatic ring is 2. The van der Waals surface area contributed by atoms with Crippen LogP contribution in [0.4, 0.5) is 11.8 Å². The molecule has 10 nitrogen and oxygen atoms in total. The average Bonchev–Trinajstić information content (AvgIpc) is 3.38. The van der Waals surface area contributed by atoms with Crippen LogP contribution in [-0.2, 0) is 6.42 Å². The van der Waals surface area contributed by atoms with Crippen LogP contribution < -0.4 is 21.8 Å². The predicted octanol–water partition coefficient (Wildman–Crippen LogP) is 3.59. The van der Waals surface area contributed by atoms with Crippen molar-refractivity contribution < 1.29 is 4.74 Å².